The van der Waals surface area contributed by atoms with E-state index in [4.69, 9.17) is 9.15 Å². The van der Waals surface area contributed by atoms with Gasteiger partial charge in [-0.2, -0.15) is 0 Å². The molecular weight excluding hydrogens is 388 g/mol. The molecule has 30 heavy (non-hydrogen) atoms. The fourth-order valence-corrected chi connectivity index (χ4v) is 3.45. The Morgan fingerprint density at radius 2 is 1.87 bits per heavy atom. The molecule has 8 nitrogen and oxygen atoms in total. The molecule has 0 saturated carbocycles. The van der Waals surface area contributed by atoms with Crippen LogP contribution in [0.3, 0.4) is 0 Å². The van der Waals surface area contributed by atoms with Crippen LogP contribution in [0.15, 0.2) is 63.8 Å². The van der Waals surface area contributed by atoms with Crippen molar-refractivity contribution in [2.24, 2.45) is 0 Å². The topological polar surface area (TPSA) is 106 Å². The molecule has 2 amide bonds. The Morgan fingerprint density at radius 1 is 1.13 bits per heavy atom. The summed E-state index contributed by atoms with van der Waals surface area (Å²) in [7, 11) is 0. The number of esters is 1. The Balaban J connectivity index is 1.55. The lowest BCUT2D eigenvalue weighted by Crippen LogP contribution is -2.41. The third-order valence-electron chi connectivity index (χ3n) is 4.82. The van der Waals surface area contributed by atoms with Gasteiger partial charge < -0.3 is 19.4 Å². The number of fused-ring (bicyclic) bond motifs is 2. The lowest BCUT2D eigenvalue weighted by Gasteiger charge is -2.27. The minimum Gasteiger partial charge on any atom is -0.452 e. The van der Waals surface area contributed by atoms with Gasteiger partial charge in [-0.3, -0.25) is 9.59 Å². The molecule has 2 aromatic carbocycles. The van der Waals surface area contributed by atoms with Crippen molar-refractivity contribution in [1.29, 1.82) is 0 Å². The van der Waals surface area contributed by atoms with Gasteiger partial charge >= 0.3 is 11.6 Å². The van der Waals surface area contributed by atoms with Crippen molar-refractivity contribution >= 4 is 40.1 Å². The SMILES string of the molecule is C[C@@H]1CC(=O)Nc2ccccc2N1C(=O)COC(=O)c1cc2ccccc2oc1=O. The third kappa shape index (κ3) is 3.67. The van der Waals surface area contributed by atoms with Crippen molar-refractivity contribution in [3.63, 3.8) is 0 Å². The summed E-state index contributed by atoms with van der Waals surface area (Å²) in [5, 5.41) is 3.32. The van der Waals surface area contributed by atoms with Gasteiger partial charge in [-0.05, 0) is 31.2 Å². The highest BCUT2D eigenvalue weighted by atomic mass is 16.5. The molecule has 1 atom stereocenters. The Morgan fingerprint density at radius 3 is 2.70 bits per heavy atom. The highest BCUT2D eigenvalue weighted by Gasteiger charge is 2.30. The summed E-state index contributed by atoms with van der Waals surface area (Å²) in [6.45, 7) is 1.15. The molecule has 1 aliphatic rings. The van der Waals surface area contributed by atoms with Crippen LogP contribution in [0.2, 0.25) is 0 Å². The fraction of sp³-hybridized carbons (Fsp3) is 0.182. The number of benzene rings is 2. The predicted molar refractivity (Wildman–Crippen MR) is 109 cm³/mol. The maximum absolute atomic E-state index is 12.9. The highest BCUT2D eigenvalue weighted by Crippen LogP contribution is 2.31. The summed E-state index contributed by atoms with van der Waals surface area (Å²) in [4.78, 5) is 50.9. The molecule has 1 aliphatic heterocycles. The van der Waals surface area contributed by atoms with E-state index in [1.54, 1.807) is 55.5 Å². The monoisotopic (exact) mass is 406 g/mol. The van der Waals surface area contributed by atoms with Gasteiger partial charge in [0.25, 0.3) is 5.91 Å². The van der Waals surface area contributed by atoms with Crippen LogP contribution in [-0.2, 0) is 14.3 Å². The van der Waals surface area contributed by atoms with Gasteiger partial charge in [0.2, 0.25) is 5.91 Å². The number of hydrogen-bond acceptors (Lipinski definition) is 6. The quantitative estimate of drug-likeness (QED) is 0.530. The lowest BCUT2D eigenvalue weighted by molar-refractivity contribution is -0.122. The van der Waals surface area contributed by atoms with Gasteiger partial charge in [0.15, 0.2) is 6.61 Å². The lowest BCUT2D eigenvalue weighted by atomic mass is 10.1. The number of amides is 2. The summed E-state index contributed by atoms with van der Waals surface area (Å²) in [6.07, 6.45) is 0.0998. The molecule has 0 saturated heterocycles. The molecule has 0 fully saturated rings. The molecular formula is C22H18N2O6. The van der Waals surface area contributed by atoms with Crippen LogP contribution in [0.5, 0.6) is 0 Å². The summed E-state index contributed by atoms with van der Waals surface area (Å²) in [5.74, 6) is -1.67. The second-order valence-corrected chi connectivity index (χ2v) is 6.94. The van der Waals surface area contributed by atoms with E-state index in [2.05, 4.69) is 5.32 Å². The van der Waals surface area contributed by atoms with E-state index >= 15 is 0 Å². The van der Waals surface area contributed by atoms with E-state index < -0.39 is 30.2 Å². The van der Waals surface area contributed by atoms with Crippen molar-refractivity contribution in [3.8, 4) is 0 Å². The molecule has 0 bridgehead atoms. The van der Waals surface area contributed by atoms with E-state index in [0.717, 1.165) is 0 Å². The van der Waals surface area contributed by atoms with Crippen molar-refractivity contribution in [2.75, 3.05) is 16.8 Å². The standard InChI is InChI=1S/C22H18N2O6/c1-13-10-19(25)23-16-7-3-4-8-17(16)24(13)20(26)12-29-21(27)15-11-14-6-2-5-9-18(14)30-22(15)28/h2-9,11,13H,10,12H2,1H3,(H,23,25)/t13-/m1/s1. The zero-order chi connectivity index (χ0) is 21.3. The summed E-state index contributed by atoms with van der Waals surface area (Å²) < 4.78 is 10.2. The van der Waals surface area contributed by atoms with E-state index in [1.807, 2.05) is 0 Å². The van der Waals surface area contributed by atoms with Crippen molar-refractivity contribution < 1.29 is 23.5 Å². The molecule has 152 valence electrons. The van der Waals surface area contributed by atoms with Gasteiger partial charge in [0.05, 0.1) is 11.4 Å². The van der Waals surface area contributed by atoms with Crippen molar-refractivity contribution in [2.45, 2.75) is 19.4 Å². The molecule has 0 radical (unpaired) electrons. The highest BCUT2D eigenvalue weighted by molar-refractivity contribution is 6.05. The van der Waals surface area contributed by atoms with Gasteiger partial charge in [0, 0.05) is 17.8 Å². The molecule has 1 N–H and O–H groups in total. The largest absolute Gasteiger partial charge is 0.452 e. The number of nitrogens with zero attached hydrogens (tertiary/aromatic N) is 1. The normalized spacial score (nSPS) is 15.8. The first-order valence-corrected chi connectivity index (χ1v) is 9.35. The van der Waals surface area contributed by atoms with E-state index in [-0.39, 0.29) is 17.9 Å². The van der Waals surface area contributed by atoms with Crippen LogP contribution in [0.4, 0.5) is 11.4 Å². The fourth-order valence-electron chi connectivity index (χ4n) is 3.45. The zero-order valence-corrected chi connectivity index (χ0v) is 16.1. The molecule has 0 unspecified atom stereocenters. The predicted octanol–water partition coefficient (Wildman–Crippen LogP) is 2.71. The van der Waals surface area contributed by atoms with Crippen LogP contribution in [0, 0.1) is 0 Å². The van der Waals surface area contributed by atoms with Crippen LogP contribution < -0.4 is 15.8 Å². The molecule has 1 aromatic heterocycles. The van der Waals surface area contributed by atoms with Gasteiger partial charge in [0.1, 0.15) is 11.1 Å². The Labute approximate surface area is 171 Å². The van der Waals surface area contributed by atoms with E-state index in [9.17, 15) is 19.2 Å². The number of hydrogen-bond donors (Lipinski definition) is 1. The molecule has 2 heterocycles. The smallest absolute Gasteiger partial charge is 0.351 e. The van der Waals surface area contributed by atoms with Crippen LogP contribution >= 0.6 is 0 Å². The summed E-state index contributed by atoms with van der Waals surface area (Å²) in [5.41, 5.74) is 0.239. The first-order valence-electron chi connectivity index (χ1n) is 9.35. The molecule has 4 rings (SSSR count). The van der Waals surface area contributed by atoms with Gasteiger partial charge in [-0.15, -0.1) is 0 Å². The first-order chi connectivity index (χ1) is 14.4. The zero-order valence-electron chi connectivity index (χ0n) is 16.1. The minimum absolute atomic E-state index is 0.0998. The number of carbonyl (C=O) groups is 3. The number of anilines is 2. The summed E-state index contributed by atoms with van der Waals surface area (Å²) >= 11 is 0. The van der Waals surface area contributed by atoms with Crippen molar-refractivity contribution in [1.82, 2.24) is 0 Å². The maximum atomic E-state index is 12.9. The minimum atomic E-state index is -0.951. The van der Waals surface area contributed by atoms with Crippen LogP contribution in [0.25, 0.3) is 11.0 Å². The Hall–Kier alpha value is -3.94. The molecule has 0 aliphatic carbocycles. The van der Waals surface area contributed by atoms with Gasteiger partial charge in [-0.1, -0.05) is 30.3 Å². The van der Waals surface area contributed by atoms with Crippen LogP contribution in [0.1, 0.15) is 23.7 Å². The Kier molecular flexibility index (Phi) is 5.05. The van der Waals surface area contributed by atoms with Gasteiger partial charge in [-0.25, -0.2) is 9.59 Å². The third-order valence-corrected chi connectivity index (χ3v) is 4.82. The number of ether oxygens (including phenoxy) is 1. The average molecular weight is 406 g/mol. The number of rotatable bonds is 3. The average Bonchev–Trinajstić information content (AvgIpc) is 2.85. The molecule has 3 aromatic rings. The van der Waals surface area contributed by atoms with E-state index in [0.29, 0.717) is 22.3 Å². The second-order valence-electron chi connectivity index (χ2n) is 6.94. The maximum Gasteiger partial charge on any atom is 0.351 e. The number of carbonyl (C=O) groups excluding carboxylic acids is 3. The summed E-state index contributed by atoms with van der Waals surface area (Å²) in [6, 6.07) is 14.6. The molecule has 8 heteroatoms. The first kappa shape index (κ1) is 19.4. The van der Waals surface area contributed by atoms with Crippen molar-refractivity contribution in [3.05, 3.63) is 70.6 Å². The second kappa shape index (κ2) is 7.82. The Bertz CT molecular complexity index is 1220. The number of nitrogens with one attached hydrogen (secondary N) is 1. The molecule has 0 spiro atoms. The number of para-hydroxylation sites is 3. The van der Waals surface area contributed by atoms with Crippen LogP contribution in [-0.4, -0.2) is 30.4 Å². The van der Waals surface area contributed by atoms with E-state index in [1.165, 1.54) is 11.0 Å².